The van der Waals surface area contributed by atoms with Crippen LogP contribution in [0, 0.1) is 56.3 Å². The molecular weight excluding hydrogens is 917 g/mol. The molecular formula is C67H130N8. The zero-order valence-electron chi connectivity index (χ0n) is 53.1. The molecule has 3 aliphatic carbocycles. The third kappa shape index (κ3) is 51.8. The van der Waals surface area contributed by atoms with E-state index in [1.54, 1.807) is 0 Å². The fourth-order valence-corrected chi connectivity index (χ4v) is 8.91. The first kappa shape index (κ1) is 76.6. The van der Waals surface area contributed by atoms with Crippen LogP contribution in [-0.4, -0.2) is 104 Å². The number of rotatable bonds is 15. The lowest BCUT2D eigenvalue weighted by molar-refractivity contribution is 0.231. The van der Waals surface area contributed by atoms with Crippen LogP contribution in [0.25, 0.3) is 0 Å². The molecule has 75 heavy (non-hydrogen) atoms. The molecule has 0 heterocycles. The van der Waals surface area contributed by atoms with Crippen LogP contribution in [0.3, 0.4) is 0 Å². The number of nitrogens with one attached hydrogen (secondary N) is 2. The Hall–Kier alpha value is -2.66. The Balaban J connectivity index is -0.000000789. The largest absolute Gasteiger partial charge is 0.330 e. The maximum absolute atomic E-state index is 5.55. The summed E-state index contributed by atoms with van der Waals surface area (Å²) in [6.07, 6.45) is 23.6. The molecule has 0 aromatic heterocycles. The van der Waals surface area contributed by atoms with Crippen molar-refractivity contribution in [1.82, 2.24) is 25.3 Å². The van der Waals surface area contributed by atoms with Crippen molar-refractivity contribution in [3.63, 3.8) is 0 Å². The molecule has 0 spiro atoms. The Morgan fingerprint density at radius 3 is 1.08 bits per heavy atom. The quantitative estimate of drug-likeness (QED) is 0.102. The summed E-state index contributed by atoms with van der Waals surface area (Å²) in [6, 6.07) is 25.5. The minimum atomic E-state index is 0.639. The third-order valence-electron chi connectivity index (χ3n) is 14.0. The van der Waals surface area contributed by atoms with Gasteiger partial charge in [-0.1, -0.05) is 196 Å². The molecule has 3 aromatic rings. The number of hydrogen-bond acceptors (Lipinski definition) is 8. The standard InChI is InChI=1S/C10H21N.C10H15N.C9H19N.C9H13N.C8H17N.C8H11N.C5H13N.C5H12.C3H9N/c2*1-9-4-6-10(7-5-9)8-11(2)3;2*1-8-3-5-9(6-4-8)7-10-2;2*1-7-2-4-8(6-9)5-3-7;1-4-5-6(2)3;1-3-5-4-2;1-2-3-4/h9-10H,4-8H2,1-3H3;4-7H,8H2,1-3H3;8-10H,3-7H2,1-2H3;3-6,10H,7H2,1-2H3;7-8H,2-6,9H2,1H3;2-5H,6,9H2,1H3;4-5H2,1-3H3;3-5H2,1-2H3;2-4H2,1H3. The van der Waals surface area contributed by atoms with E-state index >= 15 is 0 Å². The van der Waals surface area contributed by atoms with E-state index in [-0.39, 0.29) is 0 Å². The number of nitrogens with two attached hydrogens (primary N) is 3. The van der Waals surface area contributed by atoms with Gasteiger partial charge in [-0.3, -0.25) is 0 Å². The Morgan fingerprint density at radius 1 is 0.440 bits per heavy atom. The summed E-state index contributed by atoms with van der Waals surface area (Å²) in [5, 5.41) is 6.36. The SMILES string of the molecule is CC1CCC(CN(C)C)CC1.CC1CCC(CN)CC1.CCCCC.CCCN.CCCN(C)C.CNCC1CCC(C)CC1.CNCc1ccc(C)cc1.Cc1ccc(CN(C)C)cc1.Cc1ccc(CN)cc1. The van der Waals surface area contributed by atoms with Gasteiger partial charge in [0.25, 0.3) is 0 Å². The summed E-state index contributed by atoms with van der Waals surface area (Å²) in [4.78, 5) is 6.67. The summed E-state index contributed by atoms with van der Waals surface area (Å²) < 4.78 is 0. The third-order valence-corrected chi connectivity index (χ3v) is 14.0. The van der Waals surface area contributed by atoms with Crippen molar-refractivity contribution in [3.8, 4) is 0 Å². The number of nitrogens with zero attached hydrogens (tertiary/aromatic N) is 3. The summed E-state index contributed by atoms with van der Waals surface area (Å²) in [5.41, 5.74) is 23.8. The maximum Gasteiger partial charge on any atom is 0.0227 e. The number of benzene rings is 3. The van der Waals surface area contributed by atoms with E-state index in [0.717, 1.165) is 68.1 Å². The highest BCUT2D eigenvalue weighted by molar-refractivity contribution is 5.22. The first-order valence-corrected chi connectivity index (χ1v) is 30.3. The molecule has 3 saturated carbocycles. The number of hydrogen-bond donors (Lipinski definition) is 5. The normalized spacial score (nSPS) is 19.5. The van der Waals surface area contributed by atoms with Gasteiger partial charge < -0.3 is 42.5 Å². The van der Waals surface area contributed by atoms with E-state index in [1.807, 2.05) is 7.05 Å². The number of unbranched alkanes of at least 4 members (excludes halogenated alkanes) is 2. The zero-order valence-corrected chi connectivity index (χ0v) is 53.1. The van der Waals surface area contributed by atoms with E-state index in [2.05, 4.69) is 217 Å². The van der Waals surface area contributed by atoms with Crippen molar-refractivity contribution in [3.05, 3.63) is 106 Å². The Morgan fingerprint density at radius 2 is 0.813 bits per heavy atom. The van der Waals surface area contributed by atoms with E-state index in [4.69, 9.17) is 17.2 Å². The van der Waals surface area contributed by atoms with Crippen molar-refractivity contribution in [2.75, 3.05) is 89.1 Å². The Labute approximate surface area is 469 Å². The van der Waals surface area contributed by atoms with Gasteiger partial charge in [0.1, 0.15) is 0 Å². The summed E-state index contributed by atoms with van der Waals surface area (Å²) in [5.74, 6) is 5.76. The minimum absolute atomic E-state index is 0.639. The topological polar surface area (TPSA) is 112 Å². The van der Waals surface area contributed by atoms with Crippen molar-refractivity contribution >= 4 is 0 Å². The van der Waals surface area contributed by atoms with E-state index < -0.39 is 0 Å². The van der Waals surface area contributed by atoms with E-state index in [9.17, 15) is 0 Å². The fourth-order valence-electron chi connectivity index (χ4n) is 8.91. The predicted molar refractivity (Wildman–Crippen MR) is 340 cm³/mol. The Kier molecular flexibility index (Phi) is 54.5. The van der Waals surface area contributed by atoms with Crippen LogP contribution < -0.4 is 27.8 Å². The van der Waals surface area contributed by atoms with Gasteiger partial charge in [0.05, 0.1) is 0 Å². The van der Waals surface area contributed by atoms with Crippen molar-refractivity contribution in [2.45, 2.75) is 198 Å². The molecule has 0 radical (unpaired) electrons. The van der Waals surface area contributed by atoms with Gasteiger partial charge in [-0.15, -0.1) is 0 Å². The van der Waals surface area contributed by atoms with Gasteiger partial charge in [-0.2, -0.15) is 0 Å². The molecule has 8 N–H and O–H groups in total. The van der Waals surface area contributed by atoms with Crippen LogP contribution >= 0.6 is 0 Å². The lowest BCUT2D eigenvalue weighted by Crippen LogP contribution is -2.25. The molecule has 3 aliphatic rings. The zero-order chi connectivity index (χ0) is 57.2. The number of aryl methyl sites for hydroxylation is 3. The van der Waals surface area contributed by atoms with Crippen molar-refractivity contribution in [1.29, 1.82) is 0 Å². The van der Waals surface area contributed by atoms with Crippen LogP contribution in [0.1, 0.15) is 191 Å². The summed E-state index contributed by atoms with van der Waals surface area (Å²) in [7, 11) is 16.7. The molecule has 438 valence electrons. The highest BCUT2D eigenvalue weighted by atomic mass is 15.1. The van der Waals surface area contributed by atoms with Crippen LogP contribution in [0.5, 0.6) is 0 Å². The molecule has 3 fully saturated rings. The summed E-state index contributed by atoms with van der Waals surface area (Å²) in [6.45, 7) is 30.1. The average Bonchev–Trinajstić information content (AvgIpc) is 3.39. The summed E-state index contributed by atoms with van der Waals surface area (Å²) >= 11 is 0. The second-order valence-electron chi connectivity index (χ2n) is 23.3. The molecule has 8 nitrogen and oxygen atoms in total. The molecule has 6 rings (SSSR count). The van der Waals surface area contributed by atoms with Crippen LogP contribution in [0.2, 0.25) is 0 Å². The first-order chi connectivity index (χ1) is 35.8. The molecule has 8 heteroatoms. The molecule has 0 saturated heterocycles. The predicted octanol–water partition coefficient (Wildman–Crippen LogP) is 14.9. The van der Waals surface area contributed by atoms with Crippen LogP contribution in [-0.2, 0) is 19.6 Å². The average molecular weight is 1050 g/mol. The lowest BCUT2D eigenvalue weighted by atomic mass is 9.83. The van der Waals surface area contributed by atoms with Crippen molar-refractivity contribution in [2.24, 2.45) is 52.7 Å². The van der Waals surface area contributed by atoms with E-state index in [0.29, 0.717) is 6.54 Å². The lowest BCUT2D eigenvalue weighted by Gasteiger charge is -2.28. The monoisotopic (exact) mass is 1050 g/mol. The molecule has 0 atom stereocenters. The molecule has 0 amide bonds. The van der Waals surface area contributed by atoms with Gasteiger partial charge in [0.15, 0.2) is 0 Å². The maximum atomic E-state index is 5.55. The first-order valence-electron chi connectivity index (χ1n) is 30.3. The highest BCUT2D eigenvalue weighted by Crippen LogP contribution is 2.29. The smallest absolute Gasteiger partial charge is 0.0227 e. The minimum Gasteiger partial charge on any atom is -0.330 e. The highest BCUT2D eigenvalue weighted by Gasteiger charge is 2.19. The molecule has 0 bridgehead atoms. The van der Waals surface area contributed by atoms with Crippen LogP contribution in [0.4, 0.5) is 0 Å². The second kappa shape index (κ2) is 53.3. The second-order valence-corrected chi connectivity index (χ2v) is 23.3. The van der Waals surface area contributed by atoms with Gasteiger partial charge in [-0.25, -0.2) is 0 Å². The molecule has 0 unspecified atom stereocenters. The van der Waals surface area contributed by atoms with Crippen LogP contribution in [0.15, 0.2) is 72.8 Å². The van der Waals surface area contributed by atoms with Gasteiger partial charge in [-0.05, 0) is 207 Å². The molecule has 3 aromatic carbocycles. The van der Waals surface area contributed by atoms with E-state index in [1.165, 1.54) is 156 Å². The Bertz CT molecular complexity index is 1550. The van der Waals surface area contributed by atoms with Gasteiger partial charge in [0.2, 0.25) is 0 Å². The molecule has 0 aliphatic heterocycles. The fraction of sp³-hybridized carbons (Fsp3) is 0.731. The van der Waals surface area contributed by atoms with Gasteiger partial charge in [0, 0.05) is 26.2 Å². The van der Waals surface area contributed by atoms with Gasteiger partial charge >= 0.3 is 0 Å². The van der Waals surface area contributed by atoms with Crippen molar-refractivity contribution < 1.29 is 0 Å².